The monoisotopic (exact) mass is 397 g/mol. The predicted molar refractivity (Wildman–Crippen MR) is 106 cm³/mol. The number of benzene rings is 2. The molecule has 0 bridgehead atoms. The Hall–Kier alpha value is -2.77. The molecule has 8 heteroatoms. The van der Waals surface area contributed by atoms with E-state index in [1.54, 1.807) is 0 Å². The standard InChI is InChI=1S/C19H16ClN5OS/c20-15-8-6-13(7-9-15)12-17-23-25-19(27-17)21-11-10-16-22-24-18(26-16)14-4-2-1-3-5-14/h1-9H,10-12H2,(H,21,25). The van der Waals surface area contributed by atoms with Crippen molar-refractivity contribution >= 4 is 28.1 Å². The zero-order valence-corrected chi connectivity index (χ0v) is 15.9. The van der Waals surface area contributed by atoms with Crippen LogP contribution in [0.25, 0.3) is 11.5 Å². The molecule has 0 amide bonds. The molecule has 2 aromatic heterocycles. The number of nitrogens with zero attached hydrogens (tertiary/aromatic N) is 4. The van der Waals surface area contributed by atoms with Crippen LogP contribution in [0, 0.1) is 0 Å². The Morgan fingerprint density at radius 3 is 2.56 bits per heavy atom. The first kappa shape index (κ1) is 17.6. The van der Waals surface area contributed by atoms with Crippen molar-refractivity contribution in [2.75, 3.05) is 11.9 Å². The van der Waals surface area contributed by atoms with Gasteiger partial charge in [-0.1, -0.05) is 53.3 Å². The van der Waals surface area contributed by atoms with Crippen molar-refractivity contribution in [1.29, 1.82) is 0 Å². The first-order valence-electron chi connectivity index (χ1n) is 8.45. The molecule has 136 valence electrons. The van der Waals surface area contributed by atoms with Crippen LogP contribution in [0.15, 0.2) is 59.0 Å². The van der Waals surface area contributed by atoms with Crippen LogP contribution < -0.4 is 5.32 Å². The lowest BCUT2D eigenvalue weighted by atomic mass is 10.2. The third-order valence-corrected chi connectivity index (χ3v) is 4.97. The third-order valence-electron chi connectivity index (χ3n) is 3.84. The lowest BCUT2D eigenvalue weighted by molar-refractivity contribution is 0.509. The zero-order chi connectivity index (χ0) is 18.5. The third kappa shape index (κ3) is 4.69. The molecule has 0 spiro atoms. The van der Waals surface area contributed by atoms with E-state index in [1.165, 1.54) is 11.3 Å². The summed E-state index contributed by atoms with van der Waals surface area (Å²) in [6, 6.07) is 17.5. The van der Waals surface area contributed by atoms with E-state index in [0.717, 1.165) is 32.7 Å². The van der Waals surface area contributed by atoms with Crippen LogP contribution in [0.5, 0.6) is 0 Å². The van der Waals surface area contributed by atoms with Crippen molar-refractivity contribution in [1.82, 2.24) is 20.4 Å². The largest absolute Gasteiger partial charge is 0.421 e. The molecule has 6 nitrogen and oxygen atoms in total. The molecule has 4 rings (SSSR count). The first-order chi connectivity index (χ1) is 13.3. The highest BCUT2D eigenvalue weighted by molar-refractivity contribution is 7.15. The Bertz CT molecular complexity index is 1000. The normalized spacial score (nSPS) is 10.9. The van der Waals surface area contributed by atoms with Crippen LogP contribution in [0.1, 0.15) is 16.5 Å². The molecule has 2 heterocycles. The summed E-state index contributed by atoms with van der Waals surface area (Å²) < 4.78 is 5.70. The SMILES string of the molecule is Clc1ccc(Cc2nnc(NCCc3nnc(-c4ccccc4)o3)s2)cc1. The summed E-state index contributed by atoms with van der Waals surface area (Å²) in [6.07, 6.45) is 1.35. The summed E-state index contributed by atoms with van der Waals surface area (Å²) >= 11 is 7.45. The van der Waals surface area contributed by atoms with Crippen LogP contribution in [0.2, 0.25) is 5.02 Å². The van der Waals surface area contributed by atoms with Gasteiger partial charge in [0.2, 0.25) is 16.9 Å². The fourth-order valence-corrected chi connectivity index (χ4v) is 3.43. The van der Waals surface area contributed by atoms with Gasteiger partial charge in [0.15, 0.2) is 0 Å². The summed E-state index contributed by atoms with van der Waals surface area (Å²) in [7, 11) is 0. The lowest BCUT2D eigenvalue weighted by Gasteiger charge is -1.98. The Kier molecular flexibility index (Phi) is 5.41. The average molecular weight is 398 g/mol. The van der Waals surface area contributed by atoms with E-state index in [9.17, 15) is 0 Å². The molecule has 2 aromatic carbocycles. The van der Waals surface area contributed by atoms with Crippen molar-refractivity contribution < 1.29 is 4.42 Å². The molecule has 0 aliphatic rings. The molecule has 1 N–H and O–H groups in total. The quantitative estimate of drug-likeness (QED) is 0.495. The van der Waals surface area contributed by atoms with Crippen LogP contribution in [0.3, 0.4) is 0 Å². The van der Waals surface area contributed by atoms with E-state index >= 15 is 0 Å². The molecule has 0 saturated heterocycles. The molecule has 0 fully saturated rings. The van der Waals surface area contributed by atoms with Gasteiger partial charge in [-0.05, 0) is 29.8 Å². The number of hydrogen-bond acceptors (Lipinski definition) is 7. The maximum atomic E-state index is 5.91. The predicted octanol–water partition coefficient (Wildman–Crippen LogP) is 4.49. The van der Waals surface area contributed by atoms with E-state index < -0.39 is 0 Å². The van der Waals surface area contributed by atoms with Gasteiger partial charge in [-0.2, -0.15) is 0 Å². The number of nitrogens with one attached hydrogen (secondary N) is 1. The van der Waals surface area contributed by atoms with Gasteiger partial charge in [0.05, 0.1) is 0 Å². The number of hydrogen-bond donors (Lipinski definition) is 1. The van der Waals surface area contributed by atoms with E-state index in [-0.39, 0.29) is 0 Å². The van der Waals surface area contributed by atoms with E-state index in [0.29, 0.717) is 24.7 Å². The van der Waals surface area contributed by atoms with Crippen molar-refractivity contribution in [3.8, 4) is 11.5 Å². The molecule has 0 atom stereocenters. The Balaban J connectivity index is 1.29. The second-order valence-electron chi connectivity index (χ2n) is 5.85. The summed E-state index contributed by atoms with van der Waals surface area (Å²) in [6.45, 7) is 0.645. The lowest BCUT2D eigenvalue weighted by Crippen LogP contribution is -2.04. The Morgan fingerprint density at radius 2 is 1.74 bits per heavy atom. The van der Waals surface area contributed by atoms with Crippen molar-refractivity contribution in [3.05, 3.63) is 76.1 Å². The molecule has 0 unspecified atom stereocenters. The second-order valence-corrected chi connectivity index (χ2v) is 7.35. The molecule has 0 aliphatic heterocycles. The zero-order valence-electron chi connectivity index (χ0n) is 14.3. The Labute approximate surface area is 165 Å². The van der Waals surface area contributed by atoms with E-state index in [4.69, 9.17) is 16.0 Å². The van der Waals surface area contributed by atoms with Gasteiger partial charge in [0, 0.05) is 30.0 Å². The number of halogens is 1. The molecule has 0 aliphatic carbocycles. The molecule has 0 radical (unpaired) electrons. The van der Waals surface area contributed by atoms with Gasteiger partial charge < -0.3 is 9.73 Å². The van der Waals surface area contributed by atoms with Crippen LogP contribution in [0.4, 0.5) is 5.13 Å². The second kappa shape index (κ2) is 8.28. The van der Waals surface area contributed by atoms with Crippen molar-refractivity contribution in [3.63, 3.8) is 0 Å². The summed E-state index contributed by atoms with van der Waals surface area (Å²) in [5.41, 5.74) is 2.07. The number of rotatable bonds is 7. The minimum atomic E-state index is 0.534. The van der Waals surface area contributed by atoms with Gasteiger partial charge >= 0.3 is 0 Å². The van der Waals surface area contributed by atoms with E-state index in [1.807, 2.05) is 54.6 Å². The smallest absolute Gasteiger partial charge is 0.247 e. The topological polar surface area (TPSA) is 76.7 Å². The van der Waals surface area contributed by atoms with Crippen LogP contribution in [-0.4, -0.2) is 26.9 Å². The molecule has 27 heavy (non-hydrogen) atoms. The minimum absolute atomic E-state index is 0.534. The molecule has 4 aromatic rings. The van der Waals surface area contributed by atoms with Gasteiger partial charge in [0.25, 0.3) is 0 Å². The summed E-state index contributed by atoms with van der Waals surface area (Å²) in [5, 5.41) is 22.3. The minimum Gasteiger partial charge on any atom is -0.421 e. The van der Waals surface area contributed by atoms with Crippen LogP contribution in [-0.2, 0) is 12.8 Å². The Morgan fingerprint density at radius 1 is 0.926 bits per heavy atom. The summed E-state index contributed by atoms with van der Waals surface area (Å²) in [5.74, 6) is 1.12. The first-order valence-corrected chi connectivity index (χ1v) is 9.64. The van der Waals surface area contributed by atoms with Gasteiger partial charge in [-0.15, -0.1) is 20.4 Å². The van der Waals surface area contributed by atoms with Gasteiger partial charge in [-0.25, -0.2) is 0 Å². The van der Waals surface area contributed by atoms with Gasteiger partial charge in [0.1, 0.15) is 5.01 Å². The molecular formula is C19H16ClN5OS. The van der Waals surface area contributed by atoms with Crippen molar-refractivity contribution in [2.45, 2.75) is 12.8 Å². The molecule has 0 saturated carbocycles. The average Bonchev–Trinajstić information content (AvgIpc) is 3.34. The number of aromatic nitrogens is 4. The number of anilines is 1. The van der Waals surface area contributed by atoms with Crippen LogP contribution >= 0.6 is 22.9 Å². The fourth-order valence-electron chi connectivity index (χ4n) is 2.50. The van der Waals surface area contributed by atoms with Gasteiger partial charge in [-0.3, -0.25) is 0 Å². The highest BCUT2D eigenvalue weighted by Gasteiger charge is 2.09. The molecular weight excluding hydrogens is 382 g/mol. The summed E-state index contributed by atoms with van der Waals surface area (Å²) in [4.78, 5) is 0. The van der Waals surface area contributed by atoms with E-state index in [2.05, 4.69) is 25.7 Å². The maximum Gasteiger partial charge on any atom is 0.247 e. The highest BCUT2D eigenvalue weighted by Crippen LogP contribution is 2.20. The van der Waals surface area contributed by atoms with Crippen molar-refractivity contribution in [2.24, 2.45) is 0 Å². The fraction of sp³-hybridized carbons (Fsp3) is 0.158. The maximum absolute atomic E-state index is 5.91. The highest BCUT2D eigenvalue weighted by atomic mass is 35.5.